The lowest BCUT2D eigenvalue weighted by atomic mass is 10.1. The van der Waals surface area contributed by atoms with Crippen molar-refractivity contribution >= 4 is 11.8 Å². The molecule has 1 atom stereocenters. The molecule has 7 nitrogen and oxygen atoms in total. The number of rotatable bonds is 7. The number of carbonyl (C=O) groups excluding carboxylic acids is 1. The molecule has 0 radical (unpaired) electrons. The Morgan fingerprint density at radius 2 is 1.91 bits per heavy atom. The van der Waals surface area contributed by atoms with E-state index in [4.69, 9.17) is 4.74 Å². The molecule has 0 bridgehead atoms. The monoisotopic (exact) mass is 323 g/mol. The van der Waals surface area contributed by atoms with E-state index >= 15 is 0 Å². The van der Waals surface area contributed by atoms with E-state index in [2.05, 4.69) is 10.6 Å². The van der Waals surface area contributed by atoms with Gasteiger partial charge in [-0.1, -0.05) is 12.1 Å². The van der Waals surface area contributed by atoms with Crippen molar-refractivity contribution in [1.29, 1.82) is 0 Å². The lowest BCUT2D eigenvalue weighted by Gasteiger charge is -2.21. The van der Waals surface area contributed by atoms with Gasteiger partial charge < -0.3 is 15.4 Å². The Hall–Kier alpha value is -2.15. The fourth-order valence-electron chi connectivity index (χ4n) is 1.87. The van der Waals surface area contributed by atoms with Crippen LogP contribution in [0.1, 0.15) is 33.3 Å². The third kappa shape index (κ3) is 8.15. The molecule has 7 heteroatoms. The van der Waals surface area contributed by atoms with Gasteiger partial charge in [-0.15, -0.1) is 0 Å². The van der Waals surface area contributed by atoms with Crippen molar-refractivity contribution in [1.82, 2.24) is 10.6 Å². The van der Waals surface area contributed by atoms with E-state index in [1.54, 1.807) is 12.1 Å². The molecule has 0 aromatic heterocycles. The Labute approximate surface area is 136 Å². The fourth-order valence-corrected chi connectivity index (χ4v) is 1.87. The van der Waals surface area contributed by atoms with Crippen LogP contribution in [0, 0.1) is 10.1 Å². The van der Waals surface area contributed by atoms with Gasteiger partial charge in [0.2, 0.25) is 0 Å². The average molecular weight is 323 g/mol. The zero-order chi connectivity index (χ0) is 17.5. The predicted molar refractivity (Wildman–Crippen MR) is 88.5 cm³/mol. The van der Waals surface area contributed by atoms with E-state index in [9.17, 15) is 14.9 Å². The third-order valence-electron chi connectivity index (χ3n) is 3.01. The van der Waals surface area contributed by atoms with E-state index in [0.29, 0.717) is 6.54 Å². The van der Waals surface area contributed by atoms with Crippen LogP contribution in [0.4, 0.5) is 10.5 Å². The standard InChI is InChI=1S/C16H25N3O4/c1-12(11-18-15(20)23-16(2,3)4)17-10-9-13-5-7-14(8-6-13)19(21)22/h5-8,12,17H,9-11H2,1-4H3,(H,18,20). The average Bonchev–Trinajstić information content (AvgIpc) is 2.44. The summed E-state index contributed by atoms with van der Waals surface area (Å²) >= 11 is 0. The van der Waals surface area contributed by atoms with E-state index in [-0.39, 0.29) is 11.7 Å². The number of nitro groups is 1. The van der Waals surface area contributed by atoms with Crippen LogP contribution in [-0.2, 0) is 11.2 Å². The van der Waals surface area contributed by atoms with Crippen molar-refractivity contribution < 1.29 is 14.5 Å². The number of nitrogens with zero attached hydrogens (tertiary/aromatic N) is 1. The van der Waals surface area contributed by atoms with Crippen LogP contribution in [0.15, 0.2) is 24.3 Å². The van der Waals surface area contributed by atoms with Gasteiger partial charge in [-0.05, 0) is 46.2 Å². The molecule has 0 aliphatic rings. The maximum atomic E-state index is 11.5. The third-order valence-corrected chi connectivity index (χ3v) is 3.01. The lowest BCUT2D eigenvalue weighted by Crippen LogP contribution is -2.41. The number of hydrogen-bond acceptors (Lipinski definition) is 5. The predicted octanol–water partition coefficient (Wildman–Crippen LogP) is 2.64. The zero-order valence-corrected chi connectivity index (χ0v) is 14.1. The quantitative estimate of drug-likeness (QED) is 0.594. The van der Waals surface area contributed by atoms with Crippen LogP contribution in [0.3, 0.4) is 0 Å². The number of alkyl carbamates (subject to hydrolysis) is 1. The molecule has 0 saturated heterocycles. The molecule has 0 heterocycles. The topological polar surface area (TPSA) is 93.5 Å². The molecule has 23 heavy (non-hydrogen) atoms. The van der Waals surface area contributed by atoms with Crippen molar-refractivity contribution in [2.45, 2.75) is 45.8 Å². The highest BCUT2D eigenvalue weighted by molar-refractivity contribution is 5.67. The summed E-state index contributed by atoms with van der Waals surface area (Å²) in [6.45, 7) is 8.60. The number of nitro benzene ring substituents is 1. The van der Waals surface area contributed by atoms with Gasteiger partial charge in [-0.3, -0.25) is 10.1 Å². The number of nitrogens with one attached hydrogen (secondary N) is 2. The molecule has 0 spiro atoms. The first kappa shape index (κ1) is 18.9. The Kier molecular flexibility index (Phi) is 6.96. The molecule has 1 aromatic carbocycles. The molecule has 0 fully saturated rings. The summed E-state index contributed by atoms with van der Waals surface area (Å²) in [7, 11) is 0. The Bertz CT molecular complexity index is 523. The summed E-state index contributed by atoms with van der Waals surface area (Å²) in [4.78, 5) is 21.7. The molecule has 1 rings (SSSR count). The zero-order valence-electron chi connectivity index (χ0n) is 14.1. The second-order valence-corrected chi connectivity index (χ2v) is 6.41. The molecule has 2 N–H and O–H groups in total. The highest BCUT2D eigenvalue weighted by Gasteiger charge is 2.16. The normalized spacial score (nSPS) is 12.5. The van der Waals surface area contributed by atoms with E-state index in [1.165, 1.54) is 12.1 Å². The Morgan fingerprint density at radius 1 is 1.30 bits per heavy atom. The van der Waals surface area contributed by atoms with E-state index in [1.807, 2.05) is 27.7 Å². The lowest BCUT2D eigenvalue weighted by molar-refractivity contribution is -0.384. The molecule has 1 unspecified atom stereocenters. The minimum absolute atomic E-state index is 0.0941. The van der Waals surface area contributed by atoms with Gasteiger partial charge in [-0.25, -0.2) is 4.79 Å². The van der Waals surface area contributed by atoms with Gasteiger partial charge in [0.1, 0.15) is 5.60 Å². The van der Waals surface area contributed by atoms with Crippen LogP contribution in [0.5, 0.6) is 0 Å². The summed E-state index contributed by atoms with van der Waals surface area (Å²) in [6.07, 6.45) is 0.330. The minimum atomic E-state index is -0.503. The van der Waals surface area contributed by atoms with Gasteiger partial charge in [-0.2, -0.15) is 0 Å². The maximum absolute atomic E-state index is 11.5. The summed E-state index contributed by atoms with van der Waals surface area (Å²) in [6, 6.07) is 6.61. The molecule has 1 aromatic rings. The Balaban J connectivity index is 2.24. The van der Waals surface area contributed by atoms with Crippen molar-refractivity contribution in [2.75, 3.05) is 13.1 Å². The molecule has 1 amide bonds. The van der Waals surface area contributed by atoms with Crippen molar-refractivity contribution in [2.24, 2.45) is 0 Å². The van der Waals surface area contributed by atoms with Gasteiger partial charge in [0.25, 0.3) is 5.69 Å². The van der Waals surface area contributed by atoms with Crippen LogP contribution in [0.2, 0.25) is 0 Å². The first-order valence-corrected chi connectivity index (χ1v) is 7.61. The van der Waals surface area contributed by atoms with Crippen LogP contribution in [-0.4, -0.2) is 35.7 Å². The minimum Gasteiger partial charge on any atom is -0.444 e. The highest BCUT2D eigenvalue weighted by Crippen LogP contribution is 2.12. The first-order chi connectivity index (χ1) is 10.7. The molecule has 128 valence electrons. The van der Waals surface area contributed by atoms with Crippen molar-refractivity contribution in [3.8, 4) is 0 Å². The fraction of sp³-hybridized carbons (Fsp3) is 0.562. The number of amides is 1. The van der Waals surface area contributed by atoms with Crippen molar-refractivity contribution in [3.05, 3.63) is 39.9 Å². The summed E-state index contributed by atoms with van der Waals surface area (Å²) in [5, 5.41) is 16.6. The van der Waals surface area contributed by atoms with Gasteiger partial charge >= 0.3 is 6.09 Å². The summed E-state index contributed by atoms with van der Waals surface area (Å²) in [5.41, 5.74) is 0.614. The van der Waals surface area contributed by atoms with E-state index in [0.717, 1.165) is 18.5 Å². The maximum Gasteiger partial charge on any atom is 0.407 e. The number of hydrogen-bond donors (Lipinski definition) is 2. The highest BCUT2D eigenvalue weighted by atomic mass is 16.6. The van der Waals surface area contributed by atoms with Crippen LogP contribution >= 0.6 is 0 Å². The molecular weight excluding hydrogens is 298 g/mol. The molecule has 0 aliphatic carbocycles. The number of non-ortho nitro benzene ring substituents is 1. The number of carbonyl (C=O) groups is 1. The van der Waals surface area contributed by atoms with Crippen LogP contribution < -0.4 is 10.6 Å². The molecule has 0 aliphatic heterocycles. The van der Waals surface area contributed by atoms with Gasteiger partial charge in [0.15, 0.2) is 0 Å². The Morgan fingerprint density at radius 3 is 2.43 bits per heavy atom. The second-order valence-electron chi connectivity index (χ2n) is 6.41. The first-order valence-electron chi connectivity index (χ1n) is 7.61. The van der Waals surface area contributed by atoms with Gasteiger partial charge in [0.05, 0.1) is 4.92 Å². The largest absolute Gasteiger partial charge is 0.444 e. The van der Waals surface area contributed by atoms with E-state index < -0.39 is 16.6 Å². The number of ether oxygens (including phenoxy) is 1. The smallest absolute Gasteiger partial charge is 0.407 e. The van der Waals surface area contributed by atoms with Crippen molar-refractivity contribution in [3.63, 3.8) is 0 Å². The summed E-state index contributed by atoms with van der Waals surface area (Å²) in [5.74, 6) is 0. The number of benzene rings is 1. The SMILES string of the molecule is CC(CNC(=O)OC(C)(C)C)NCCc1ccc([N+](=O)[O-])cc1. The molecular formula is C16H25N3O4. The summed E-state index contributed by atoms with van der Waals surface area (Å²) < 4.78 is 5.16. The second kappa shape index (κ2) is 8.47. The van der Waals surface area contributed by atoms with Crippen LogP contribution in [0.25, 0.3) is 0 Å². The molecule has 0 saturated carbocycles. The van der Waals surface area contributed by atoms with Gasteiger partial charge in [0, 0.05) is 24.7 Å².